The number of rotatable bonds is 3. The van der Waals surface area contributed by atoms with Crippen LogP contribution in [0.3, 0.4) is 0 Å². The Morgan fingerprint density at radius 3 is 2.41 bits per heavy atom. The molecule has 0 aliphatic heterocycles. The Bertz CT molecular complexity index is 454. The van der Waals surface area contributed by atoms with Gasteiger partial charge in [0.15, 0.2) is 0 Å². The second kappa shape index (κ2) is 5.95. The van der Waals surface area contributed by atoms with Gasteiger partial charge in [0.05, 0.1) is 17.3 Å². The lowest BCUT2D eigenvalue weighted by molar-refractivity contribution is -0.140. The van der Waals surface area contributed by atoms with Gasteiger partial charge in [0.25, 0.3) is 0 Å². The van der Waals surface area contributed by atoms with E-state index in [0.29, 0.717) is 31.3 Å². The van der Waals surface area contributed by atoms with Crippen molar-refractivity contribution in [2.45, 2.75) is 63.8 Å². The normalized spacial score (nSPS) is 45.0. The number of aliphatic hydroxyl groups is 3. The van der Waals surface area contributed by atoms with Gasteiger partial charge in [-0.1, -0.05) is 6.58 Å². The van der Waals surface area contributed by atoms with Crippen LogP contribution in [-0.4, -0.2) is 45.2 Å². The minimum Gasteiger partial charge on any atom is -0.461 e. The summed E-state index contributed by atoms with van der Waals surface area (Å²) in [4.78, 5) is 11.0. The molecule has 126 valence electrons. The molecule has 2 aliphatic rings. The quantitative estimate of drug-likeness (QED) is 0.542. The summed E-state index contributed by atoms with van der Waals surface area (Å²) in [5, 5.41) is 32.3. The Hall–Kier alpha value is -0.910. The van der Waals surface area contributed by atoms with Gasteiger partial charge in [0.2, 0.25) is 0 Å². The van der Waals surface area contributed by atoms with Crippen LogP contribution in [0.5, 0.6) is 0 Å². The Morgan fingerprint density at radius 2 is 1.82 bits per heavy atom. The summed E-state index contributed by atoms with van der Waals surface area (Å²) in [6.07, 6.45) is 1.57. The fourth-order valence-corrected chi connectivity index (χ4v) is 4.33. The average Bonchev–Trinajstić information content (AvgIpc) is 2.66. The van der Waals surface area contributed by atoms with Gasteiger partial charge in [-0.2, -0.15) is 0 Å². The molecule has 0 saturated heterocycles. The van der Waals surface area contributed by atoms with E-state index in [4.69, 9.17) is 4.74 Å². The second-order valence-corrected chi connectivity index (χ2v) is 7.46. The number of hydrogen-bond donors (Lipinski definition) is 3. The van der Waals surface area contributed by atoms with Gasteiger partial charge in [-0.05, 0) is 51.0 Å². The highest BCUT2D eigenvalue weighted by atomic mass is 16.5. The van der Waals surface area contributed by atoms with E-state index in [1.165, 1.54) is 6.92 Å². The molecule has 0 aromatic rings. The van der Waals surface area contributed by atoms with Crippen LogP contribution in [0.25, 0.3) is 0 Å². The maximum absolute atomic E-state index is 11.0. The van der Waals surface area contributed by atoms with Crippen molar-refractivity contribution in [3.8, 4) is 0 Å². The number of esters is 1. The van der Waals surface area contributed by atoms with Crippen molar-refractivity contribution in [2.24, 2.45) is 17.8 Å². The molecule has 5 nitrogen and oxygen atoms in total. The van der Waals surface area contributed by atoms with Crippen molar-refractivity contribution in [1.82, 2.24) is 0 Å². The standard InChI is InChI=1S/C17H28O5/c1-10(9-22-11(2)18)12-5-7-16(3,20)13-6-8-17(4,21)14(13)15(12)19/h12-15,19-21H,1,5-9H2,2-4H3/t12-,13-,14-,15-,16+,17+/m0/s1. The molecule has 22 heavy (non-hydrogen) atoms. The first kappa shape index (κ1) is 17.4. The summed E-state index contributed by atoms with van der Waals surface area (Å²) in [7, 11) is 0. The molecule has 2 rings (SSSR count). The summed E-state index contributed by atoms with van der Waals surface area (Å²) >= 11 is 0. The molecule has 0 unspecified atom stereocenters. The molecule has 2 saturated carbocycles. The molecule has 5 heteroatoms. The Kier molecular flexibility index (Phi) is 4.71. The monoisotopic (exact) mass is 312 g/mol. The topological polar surface area (TPSA) is 87.0 Å². The molecule has 3 N–H and O–H groups in total. The number of carbonyl (C=O) groups is 1. The highest BCUT2D eigenvalue weighted by molar-refractivity contribution is 5.66. The third-order valence-corrected chi connectivity index (χ3v) is 5.64. The number of ether oxygens (including phenoxy) is 1. The van der Waals surface area contributed by atoms with Crippen molar-refractivity contribution in [3.63, 3.8) is 0 Å². The maximum atomic E-state index is 11.0. The molecule has 0 amide bonds. The van der Waals surface area contributed by atoms with Gasteiger partial charge in [0.1, 0.15) is 6.61 Å². The smallest absolute Gasteiger partial charge is 0.302 e. The van der Waals surface area contributed by atoms with Gasteiger partial charge < -0.3 is 20.1 Å². The van der Waals surface area contributed by atoms with Crippen molar-refractivity contribution in [3.05, 3.63) is 12.2 Å². The summed E-state index contributed by atoms with van der Waals surface area (Å²) in [6, 6.07) is 0. The first-order valence-corrected chi connectivity index (χ1v) is 8.00. The van der Waals surface area contributed by atoms with Gasteiger partial charge in [-0.15, -0.1) is 0 Å². The van der Waals surface area contributed by atoms with Crippen LogP contribution in [-0.2, 0) is 9.53 Å². The second-order valence-electron chi connectivity index (χ2n) is 7.46. The fourth-order valence-electron chi connectivity index (χ4n) is 4.33. The zero-order valence-corrected chi connectivity index (χ0v) is 13.7. The van der Waals surface area contributed by atoms with E-state index in [1.54, 1.807) is 13.8 Å². The Balaban J connectivity index is 2.24. The van der Waals surface area contributed by atoms with Crippen molar-refractivity contribution in [1.29, 1.82) is 0 Å². The lowest BCUT2D eigenvalue weighted by Crippen LogP contribution is -2.47. The molecule has 0 heterocycles. The van der Waals surface area contributed by atoms with E-state index in [9.17, 15) is 20.1 Å². The summed E-state index contributed by atoms with van der Waals surface area (Å²) in [5.41, 5.74) is -1.28. The molecule has 2 fully saturated rings. The first-order chi connectivity index (χ1) is 10.1. The highest BCUT2D eigenvalue weighted by Gasteiger charge is 2.56. The third kappa shape index (κ3) is 3.21. The highest BCUT2D eigenvalue weighted by Crippen LogP contribution is 2.52. The summed E-state index contributed by atoms with van der Waals surface area (Å²) < 4.78 is 4.99. The Labute approximate surface area is 132 Å². The minimum atomic E-state index is -1.00. The fraction of sp³-hybridized carbons (Fsp3) is 0.824. The Morgan fingerprint density at radius 1 is 1.23 bits per heavy atom. The first-order valence-electron chi connectivity index (χ1n) is 8.00. The van der Waals surface area contributed by atoms with Crippen LogP contribution in [0.2, 0.25) is 0 Å². The van der Waals surface area contributed by atoms with Crippen LogP contribution in [0.4, 0.5) is 0 Å². The molecule has 0 bridgehead atoms. The number of aliphatic hydroxyl groups excluding tert-OH is 1. The summed E-state index contributed by atoms with van der Waals surface area (Å²) in [5.74, 6) is -1.21. The zero-order valence-electron chi connectivity index (χ0n) is 13.7. The van der Waals surface area contributed by atoms with Crippen molar-refractivity contribution < 1.29 is 24.9 Å². The molecule has 0 aromatic carbocycles. The molecule has 0 aromatic heterocycles. The zero-order chi connectivity index (χ0) is 16.7. The molecule has 0 spiro atoms. The van der Waals surface area contributed by atoms with Crippen molar-refractivity contribution in [2.75, 3.05) is 6.61 Å². The van der Waals surface area contributed by atoms with E-state index in [1.807, 2.05) is 0 Å². The molecular weight excluding hydrogens is 284 g/mol. The van der Waals surface area contributed by atoms with Crippen LogP contribution in [0.1, 0.15) is 46.5 Å². The number of hydrogen-bond acceptors (Lipinski definition) is 5. The number of fused-ring (bicyclic) bond motifs is 1. The van der Waals surface area contributed by atoms with Gasteiger partial charge >= 0.3 is 5.97 Å². The summed E-state index contributed by atoms with van der Waals surface area (Å²) in [6.45, 7) is 8.87. The average molecular weight is 312 g/mol. The van der Waals surface area contributed by atoms with Crippen LogP contribution in [0, 0.1) is 17.8 Å². The SMILES string of the molecule is C=C(COC(C)=O)[C@@H]1CC[C@@](C)(O)[C@H]2CC[C@@](C)(O)[C@@H]2[C@H]1O. The van der Waals surface area contributed by atoms with E-state index in [-0.39, 0.29) is 24.4 Å². The van der Waals surface area contributed by atoms with E-state index in [0.717, 1.165) is 0 Å². The third-order valence-electron chi connectivity index (χ3n) is 5.64. The van der Waals surface area contributed by atoms with E-state index >= 15 is 0 Å². The number of carbonyl (C=O) groups excluding carboxylic acids is 1. The predicted octanol–water partition coefficient (Wildman–Crippen LogP) is 1.40. The predicted molar refractivity (Wildman–Crippen MR) is 82.0 cm³/mol. The molecule has 6 atom stereocenters. The van der Waals surface area contributed by atoms with Crippen molar-refractivity contribution >= 4 is 5.97 Å². The van der Waals surface area contributed by atoms with Crippen LogP contribution >= 0.6 is 0 Å². The van der Waals surface area contributed by atoms with E-state index in [2.05, 4.69) is 6.58 Å². The largest absolute Gasteiger partial charge is 0.461 e. The molecule has 2 aliphatic carbocycles. The van der Waals surface area contributed by atoms with Crippen LogP contribution < -0.4 is 0 Å². The lowest BCUT2D eigenvalue weighted by Gasteiger charge is -2.38. The maximum Gasteiger partial charge on any atom is 0.302 e. The molecule has 0 radical (unpaired) electrons. The van der Waals surface area contributed by atoms with Gasteiger partial charge in [0, 0.05) is 18.8 Å². The minimum absolute atomic E-state index is 0.0682. The molecular formula is C17H28O5. The lowest BCUT2D eigenvalue weighted by atomic mass is 9.74. The van der Waals surface area contributed by atoms with Gasteiger partial charge in [-0.25, -0.2) is 0 Å². The van der Waals surface area contributed by atoms with E-state index < -0.39 is 23.2 Å². The van der Waals surface area contributed by atoms with Gasteiger partial charge in [-0.3, -0.25) is 4.79 Å². The van der Waals surface area contributed by atoms with Crippen LogP contribution in [0.15, 0.2) is 12.2 Å².